The number of benzene rings is 1. The van der Waals surface area contributed by atoms with Crippen molar-refractivity contribution in [3.63, 3.8) is 0 Å². The lowest BCUT2D eigenvalue weighted by atomic mass is 10.1. The van der Waals surface area contributed by atoms with Gasteiger partial charge in [-0.25, -0.2) is 0 Å². The average molecular weight is 282 g/mol. The molecule has 0 atom stereocenters. The number of rotatable bonds is 4. The summed E-state index contributed by atoms with van der Waals surface area (Å²) in [5.41, 5.74) is 0.977. The molecule has 0 fully saturated rings. The molecule has 2 rings (SSSR count). The monoisotopic (exact) mass is 281 g/mol. The zero-order valence-electron chi connectivity index (χ0n) is 9.85. The second-order valence-electron chi connectivity index (χ2n) is 3.81. The van der Waals surface area contributed by atoms with Gasteiger partial charge in [-0.15, -0.1) is 11.8 Å². The number of hydrogen-bond acceptors (Lipinski definition) is 3. The summed E-state index contributed by atoms with van der Waals surface area (Å²) in [6.07, 6.45) is 4.27. The first-order valence-electron chi connectivity index (χ1n) is 5.50. The van der Waals surface area contributed by atoms with E-state index >= 15 is 0 Å². The second kappa shape index (κ2) is 5.59. The van der Waals surface area contributed by atoms with Crippen LogP contribution in [0.3, 0.4) is 0 Å². The first-order chi connectivity index (χ1) is 8.65. The van der Waals surface area contributed by atoms with E-state index in [4.69, 9.17) is 11.6 Å². The molecule has 0 unspecified atom stereocenters. The van der Waals surface area contributed by atoms with Crippen LogP contribution in [0.15, 0.2) is 34.7 Å². The number of halogens is 1. The first kappa shape index (κ1) is 13.2. The van der Waals surface area contributed by atoms with Crippen molar-refractivity contribution in [1.29, 1.82) is 0 Å². The third kappa shape index (κ3) is 2.44. The van der Waals surface area contributed by atoms with Gasteiger partial charge < -0.3 is 0 Å². The third-order valence-electron chi connectivity index (χ3n) is 2.73. The van der Waals surface area contributed by atoms with Crippen molar-refractivity contribution in [2.45, 2.75) is 6.42 Å². The van der Waals surface area contributed by atoms with E-state index in [9.17, 15) is 9.59 Å². The van der Waals surface area contributed by atoms with Gasteiger partial charge in [0.25, 0.3) is 11.8 Å². The molecule has 0 aliphatic carbocycles. The van der Waals surface area contributed by atoms with Crippen LogP contribution in [0, 0.1) is 0 Å². The van der Waals surface area contributed by atoms with Crippen LogP contribution in [-0.2, 0) is 0 Å². The lowest BCUT2D eigenvalue weighted by Crippen LogP contribution is -2.30. The Bertz CT molecular complexity index is 492. The van der Waals surface area contributed by atoms with E-state index in [1.807, 2.05) is 12.3 Å². The number of carbonyl (C=O) groups is 2. The Morgan fingerprint density at radius 1 is 1.28 bits per heavy atom. The van der Waals surface area contributed by atoms with Crippen LogP contribution in [0.5, 0.6) is 0 Å². The minimum absolute atomic E-state index is 0.218. The molecular formula is C13H12ClNO2S. The molecule has 0 aromatic heterocycles. The zero-order chi connectivity index (χ0) is 13.1. The highest BCUT2D eigenvalue weighted by molar-refractivity contribution is 8.03. The smallest absolute Gasteiger partial charge is 0.261 e. The van der Waals surface area contributed by atoms with Crippen LogP contribution in [0.4, 0.5) is 0 Å². The number of nitrogens with zero attached hydrogens (tertiary/aromatic N) is 1. The second-order valence-corrected chi connectivity index (χ2v) is 5.29. The SMILES string of the molecule is CS/C(Cl)=C/CCN1C(=O)c2ccccc2C1=O. The Morgan fingerprint density at radius 2 is 1.83 bits per heavy atom. The quantitative estimate of drug-likeness (QED) is 0.796. The summed E-state index contributed by atoms with van der Waals surface area (Å²) in [5.74, 6) is -0.437. The molecule has 0 spiro atoms. The van der Waals surface area contributed by atoms with Crippen molar-refractivity contribution >= 4 is 35.2 Å². The van der Waals surface area contributed by atoms with Gasteiger partial charge in [0.2, 0.25) is 0 Å². The summed E-state index contributed by atoms with van der Waals surface area (Å²) in [4.78, 5) is 25.3. The predicted molar refractivity (Wildman–Crippen MR) is 73.9 cm³/mol. The molecule has 0 N–H and O–H groups in total. The Kier molecular flexibility index (Phi) is 4.09. The number of thioether (sulfide) groups is 1. The number of carbonyl (C=O) groups excluding carboxylic acids is 2. The van der Waals surface area contributed by atoms with Gasteiger partial charge in [-0.1, -0.05) is 29.8 Å². The topological polar surface area (TPSA) is 37.4 Å². The fraction of sp³-hybridized carbons (Fsp3) is 0.231. The van der Waals surface area contributed by atoms with E-state index in [0.29, 0.717) is 28.5 Å². The summed E-state index contributed by atoms with van der Waals surface area (Å²) in [6.45, 7) is 0.364. The number of imide groups is 1. The van der Waals surface area contributed by atoms with Crippen molar-refractivity contribution < 1.29 is 9.59 Å². The molecule has 94 valence electrons. The van der Waals surface area contributed by atoms with Crippen molar-refractivity contribution in [3.05, 3.63) is 45.8 Å². The van der Waals surface area contributed by atoms with Crippen LogP contribution in [0.1, 0.15) is 27.1 Å². The zero-order valence-corrected chi connectivity index (χ0v) is 11.4. The normalized spacial score (nSPS) is 15.2. The van der Waals surface area contributed by atoms with Crippen molar-refractivity contribution in [2.24, 2.45) is 0 Å². The molecule has 0 bridgehead atoms. The van der Waals surface area contributed by atoms with E-state index in [2.05, 4.69) is 0 Å². The summed E-state index contributed by atoms with van der Waals surface area (Å²) in [5, 5.41) is 0. The molecule has 3 nitrogen and oxygen atoms in total. The van der Waals surface area contributed by atoms with Gasteiger partial charge in [0, 0.05) is 6.54 Å². The molecular weight excluding hydrogens is 270 g/mol. The van der Waals surface area contributed by atoms with E-state index in [1.165, 1.54) is 16.7 Å². The molecule has 1 heterocycles. The fourth-order valence-electron chi connectivity index (χ4n) is 1.83. The molecule has 0 saturated heterocycles. The molecule has 2 amide bonds. The highest BCUT2D eigenvalue weighted by Gasteiger charge is 2.34. The maximum Gasteiger partial charge on any atom is 0.261 e. The Morgan fingerprint density at radius 3 is 2.33 bits per heavy atom. The minimum Gasteiger partial charge on any atom is -0.274 e. The molecule has 1 aliphatic rings. The molecule has 18 heavy (non-hydrogen) atoms. The fourth-order valence-corrected chi connectivity index (χ4v) is 2.23. The van der Waals surface area contributed by atoms with Crippen LogP contribution in [0.25, 0.3) is 0 Å². The summed E-state index contributed by atoms with van der Waals surface area (Å²) >= 11 is 7.28. The van der Waals surface area contributed by atoms with Gasteiger partial charge in [0.05, 0.1) is 15.5 Å². The third-order valence-corrected chi connectivity index (χ3v) is 3.90. The van der Waals surface area contributed by atoms with E-state index in [0.717, 1.165) is 0 Å². The Labute approximate surface area is 115 Å². The van der Waals surface area contributed by atoms with Gasteiger partial charge in [0.1, 0.15) is 0 Å². The maximum atomic E-state index is 12.0. The standard InChI is InChI=1S/C13H12ClNO2S/c1-18-11(14)7-4-8-15-12(16)9-5-2-3-6-10(9)13(15)17/h2-3,5-7H,4,8H2,1H3/b11-7+. The highest BCUT2D eigenvalue weighted by atomic mass is 35.5. The number of amides is 2. The summed E-state index contributed by atoms with van der Waals surface area (Å²) in [6, 6.07) is 6.89. The molecule has 1 aliphatic heterocycles. The number of fused-ring (bicyclic) bond motifs is 1. The summed E-state index contributed by atoms with van der Waals surface area (Å²) in [7, 11) is 0. The van der Waals surface area contributed by atoms with Gasteiger partial charge >= 0.3 is 0 Å². The molecule has 1 aromatic rings. The van der Waals surface area contributed by atoms with Crippen molar-refractivity contribution in [3.8, 4) is 0 Å². The van der Waals surface area contributed by atoms with E-state index in [-0.39, 0.29) is 11.8 Å². The minimum atomic E-state index is -0.218. The number of hydrogen-bond donors (Lipinski definition) is 0. The lowest BCUT2D eigenvalue weighted by Gasteiger charge is -2.11. The average Bonchev–Trinajstić information content (AvgIpc) is 2.64. The van der Waals surface area contributed by atoms with E-state index < -0.39 is 0 Å². The van der Waals surface area contributed by atoms with Crippen LogP contribution < -0.4 is 0 Å². The maximum absolute atomic E-state index is 12.0. The predicted octanol–water partition coefficient (Wildman–Crippen LogP) is 3.12. The molecule has 1 aromatic carbocycles. The largest absolute Gasteiger partial charge is 0.274 e. The molecule has 0 saturated carbocycles. The molecule has 0 radical (unpaired) electrons. The van der Waals surface area contributed by atoms with Gasteiger partial charge in [-0.3, -0.25) is 14.5 Å². The summed E-state index contributed by atoms with van der Waals surface area (Å²) < 4.78 is 0.673. The first-order valence-corrected chi connectivity index (χ1v) is 7.10. The van der Waals surface area contributed by atoms with Crippen molar-refractivity contribution in [1.82, 2.24) is 4.90 Å². The van der Waals surface area contributed by atoms with Gasteiger partial charge in [0.15, 0.2) is 0 Å². The Balaban J connectivity index is 2.10. The van der Waals surface area contributed by atoms with Crippen LogP contribution >= 0.6 is 23.4 Å². The van der Waals surface area contributed by atoms with Crippen molar-refractivity contribution in [2.75, 3.05) is 12.8 Å². The van der Waals surface area contributed by atoms with E-state index in [1.54, 1.807) is 24.3 Å². The van der Waals surface area contributed by atoms with Gasteiger partial charge in [-0.2, -0.15) is 0 Å². The molecule has 5 heteroatoms. The van der Waals surface area contributed by atoms with Gasteiger partial charge in [-0.05, 0) is 24.8 Å². The lowest BCUT2D eigenvalue weighted by molar-refractivity contribution is 0.0657. The Hall–Kier alpha value is -1.26. The highest BCUT2D eigenvalue weighted by Crippen LogP contribution is 2.23. The van der Waals surface area contributed by atoms with Crippen LogP contribution in [0.2, 0.25) is 0 Å². The van der Waals surface area contributed by atoms with Crippen LogP contribution in [-0.4, -0.2) is 29.5 Å².